The van der Waals surface area contributed by atoms with Gasteiger partial charge in [0.25, 0.3) is 0 Å². The molecule has 0 aliphatic rings. The van der Waals surface area contributed by atoms with Crippen LogP contribution in [0.5, 0.6) is 0 Å². The average Bonchev–Trinajstić information content (AvgIpc) is 2.75. The SMILES string of the molecule is CC(c1nc2ccccc2n1C)N(C)C(C)(C)C(=O)O. The van der Waals surface area contributed by atoms with E-state index >= 15 is 0 Å². The van der Waals surface area contributed by atoms with Gasteiger partial charge in [0.2, 0.25) is 0 Å². The quantitative estimate of drug-likeness (QED) is 0.931. The molecule has 1 unspecified atom stereocenters. The predicted molar refractivity (Wildman–Crippen MR) is 78.6 cm³/mol. The number of carbonyl (C=O) groups is 1. The first-order chi connectivity index (χ1) is 9.26. The Morgan fingerprint density at radius 1 is 1.40 bits per heavy atom. The summed E-state index contributed by atoms with van der Waals surface area (Å²) in [6.07, 6.45) is 0. The Labute approximate surface area is 118 Å². The van der Waals surface area contributed by atoms with Gasteiger partial charge in [-0.1, -0.05) is 12.1 Å². The number of aryl methyl sites for hydroxylation is 1. The Morgan fingerprint density at radius 3 is 2.55 bits per heavy atom. The maximum Gasteiger partial charge on any atom is 0.323 e. The number of imidazole rings is 1. The number of para-hydroxylation sites is 2. The fourth-order valence-corrected chi connectivity index (χ4v) is 2.35. The van der Waals surface area contributed by atoms with E-state index in [4.69, 9.17) is 0 Å². The van der Waals surface area contributed by atoms with Crippen molar-refractivity contribution in [1.29, 1.82) is 0 Å². The van der Waals surface area contributed by atoms with Gasteiger partial charge in [0.15, 0.2) is 0 Å². The minimum Gasteiger partial charge on any atom is -0.480 e. The average molecular weight is 275 g/mol. The van der Waals surface area contributed by atoms with Crippen LogP contribution in [-0.4, -0.2) is 38.1 Å². The van der Waals surface area contributed by atoms with E-state index in [0.29, 0.717) is 0 Å². The van der Waals surface area contributed by atoms with E-state index in [1.807, 2.05) is 54.8 Å². The lowest BCUT2D eigenvalue weighted by molar-refractivity contribution is -0.149. The van der Waals surface area contributed by atoms with Gasteiger partial charge >= 0.3 is 5.97 Å². The molecule has 0 saturated carbocycles. The number of hydrogen-bond acceptors (Lipinski definition) is 3. The Hall–Kier alpha value is -1.88. The number of aliphatic carboxylic acids is 1. The Balaban J connectivity index is 2.43. The van der Waals surface area contributed by atoms with Crippen LogP contribution in [0, 0.1) is 0 Å². The highest BCUT2D eigenvalue weighted by Crippen LogP contribution is 2.28. The van der Waals surface area contributed by atoms with E-state index in [-0.39, 0.29) is 6.04 Å². The second-order valence-electron chi connectivity index (χ2n) is 5.67. The molecule has 1 aromatic carbocycles. The summed E-state index contributed by atoms with van der Waals surface area (Å²) in [4.78, 5) is 17.9. The summed E-state index contributed by atoms with van der Waals surface area (Å²) in [7, 11) is 3.78. The second kappa shape index (κ2) is 4.90. The van der Waals surface area contributed by atoms with Crippen molar-refractivity contribution >= 4 is 17.0 Å². The number of nitrogens with zero attached hydrogens (tertiary/aromatic N) is 3. The number of aromatic nitrogens is 2. The van der Waals surface area contributed by atoms with Gasteiger partial charge in [-0.15, -0.1) is 0 Å². The third-order valence-corrected chi connectivity index (χ3v) is 4.18. The molecule has 2 aromatic rings. The maximum atomic E-state index is 11.4. The molecular weight excluding hydrogens is 254 g/mol. The molecule has 0 aliphatic heterocycles. The van der Waals surface area contributed by atoms with Crippen LogP contribution in [0.2, 0.25) is 0 Å². The normalized spacial score (nSPS) is 13.9. The summed E-state index contributed by atoms with van der Waals surface area (Å²) in [5.74, 6) is 0.0219. The predicted octanol–water partition coefficient (Wildman–Crippen LogP) is 2.43. The molecule has 1 aromatic heterocycles. The number of hydrogen-bond donors (Lipinski definition) is 1. The molecule has 5 heteroatoms. The van der Waals surface area contributed by atoms with E-state index in [2.05, 4.69) is 4.98 Å². The van der Waals surface area contributed by atoms with Crippen molar-refractivity contribution in [2.45, 2.75) is 32.4 Å². The first-order valence-electron chi connectivity index (χ1n) is 6.64. The molecule has 2 rings (SSSR count). The van der Waals surface area contributed by atoms with Crippen LogP contribution in [0.15, 0.2) is 24.3 Å². The van der Waals surface area contributed by atoms with Crippen LogP contribution in [-0.2, 0) is 11.8 Å². The van der Waals surface area contributed by atoms with Gasteiger partial charge in [0.05, 0.1) is 17.1 Å². The first kappa shape index (κ1) is 14.5. The van der Waals surface area contributed by atoms with E-state index in [1.165, 1.54) is 0 Å². The van der Waals surface area contributed by atoms with Crippen LogP contribution < -0.4 is 0 Å². The number of benzene rings is 1. The van der Waals surface area contributed by atoms with Crippen molar-refractivity contribution < 1.29 is 9.90 Å². The second-order valence-corrected chi connectivity index (χ2v) is 5.67. The highest BCUT2D eigenvalue weighted by atomic mass is 16.4. The van der Waals surface area contributed by atoms with Crippen LogP contribution in [0.25, 0.3) is 11.0 Å². The van der Waals surface area contributed by atoms with Crippen molar-refractivity contribution in [3.8, 4) is 0 Å². The summed E-state index contributed by atoms with van der Waals surface area (Å²) < 4.78 is 2.02. The van der Waals surface area contributed by atoms with Gasteiger partial charge in [0, 0.05) is 7.05 Å². The van der Waals surface area contributed by atoms with Crippen molar-refractivity contribution in [3.05, 3.63) is 30.1 Å². The number of fused-ring (bicyclic) bond motifs is 1. The van der Waals surface area contributed by atoms with Crippen LogP contribution >= 0.6 is 0 Å². The standard InChI is InChI=1S/C15H21N3O2/c1-10(18(5)15(2,3)14(19)20)13-16-11-8-6-7-9-12(11)17(13)4/h6-10H,1-5H3,(H,19,20). The zero-order chi connectivity index (χ0) is 15.1. The Bertz CT molecular complexity index is 646. The molecule has 1 atom stereocenters. The molecule has 108 valence electrons. The minimum atomic E-state index is -0.947. The molecule has 0 bridgehead atoms. The molecular formula is C15H21N3O2. The van der Waals surface area contributed by atoms with Crippen molar-refractivity contribution in [2.24, 2.45) is 7.05 Å². The molecule has 20 heavy (non-hydrogen) atoms. The van der Waals surface area contributed by atoms with Crippen LogP contribution in [0.3, 0.4) is 0 Å². The topological polar surface area (TPSA) is 58.4 Å². The number of likely N-dealkylation sites (N-methyl/N-ethyl adjacent to an activating group) is 1. The van der Waals surface area contributed by atoms with Crippen LogP contribution in [0.1, 0.15) is 32.6 Å². The summed E-state index contributed by atoms with van der Waals surface area (Å²) in [6, 6.07) is 7.81. The largest absolute Gasteiger partial charge is 0.480 e. The highest BCUT2D eigenvalue weighted by Gasteiger charge is 2.36. The Morgan fingerprint density at radius 2 is 2.00 bits per heavy atom. The van der Waals surface area contributed by atoms with Gasteiger partial charge in [-0.05, 0) is 40.0 Å². The zero-order valence-corrected chi connectivity index (χ0v) is 12.6. The molecule has 0 fully saturated rings. The molecule has 0 spiro atoms. The van der Waals surface area contributed by atoms with E-state index in [1.54, 1.807) is 13.8 Å². The summed E-state index contributed by atoms with van der Waals surface area (Å²) in [5, 5.41) is 9.35. The van der Waals surface area contributed by atoms with Gasteiger partial charge < -0.3 is 9.67 Å². The zero-order valence-electron chi connectivity index (χ0n) is 12.6. The fraction of sp³-hybridized carbons (Fsp3) is 0.467. The van der Waals surface area contributed by atoms with Crippen molar-refractivity contribution in [1.82, 2.24) is 14.5 Å². The molecule has 1 N–H and O–H groups in total. The molecule has 1 heterocycles. The molecule has 5 nitrogen and oxygen atoms in total. The van der Waals surface area contributed by atoms with Crippen molar-refractivity contribution in [2.75, 3.05) is 7.05 Å². The van der Waals surface area contributed by atoms with E-state index < -0.39 is 11.5 Å². The van der Waals surface area contributed by atoms with Crippen LogP contribution in [0.4, 0.5) is 0 Å². The molecule has 0 saturated heterocycles. The van der Waals surface area contributed by atoms with Gasteiger partial charge in [0.1, 0.15) is 11.4 Å². The first-order valence-corrected chi connectivity index (χ1v) is 6.64. The van der Waals surface area contributed by atoms with E-state index in [9.17, 15) is 9.90 Å². The number of carboxylic acids is 1. The van der Waals surface area contributed by atoms with E-state index in [0.717, 1.165) is 16.9 Å². The van der Waals surface area contributed by atoms with Gasteiger partial charge in [-0.2, -0.15) is 0 Å². The van der Waals surface area contributed by atoms with Gasteiger partial charge in [-0.25, -0.2) is 4.98 Å². The lowest BCUT2D eigenvalue weighted by Gasteiger charge is -2.35. The fourth-order valence-electron chi connectivity index (χ4n) is 2.35. The molecule has 0 radical (unpaired) electrons. The third-order valence-electron chi connectivity index (χ3n) is 4.18. The lowest BCUT2D eigenvalue weighted by Crippen LogP contribution is -2.49. The number of carboxylic acid groups (broad SMARTS) is 1. The summed E-state index contributed by atoms with van der Waals surface area (Å²) >= 11 is 0. The molecule has 0 aliphatic carbocycles. The Kier molecular flexibility index (Phi) is 3.56. The maximum absolute atomic E-state index is 11.4. The monoisotopic (exact) mass is 275 g/mol. The minimum absolute atomic E-state index is 0.0986. The lowest BCUT2D eigenvalue weighted by atomic mass is 10.0. The summed E-state index contributed by atoms with van der Waals surface area (Å²) in [5.41, 5.74) is 1.03. The smallest absolute Gasteiger partial charge is 0.323 e. The number of rotatable bonds is 4. The van der Waals surface area contributed by atoms with Crippen molar-refractivity contribution in [3.63, 3.8) is 0 Å². The highest BCUT2D eigenvalue weighted by molar-refractivity contribution is 5.78. The summed E-state index contributed by atoms with van der Waals surface area (Å²) in [6.45, 7) is 5.38. The van der Waals surface area contributed by atoms with Gasteiger partial charge in [-0.3, -0.25) is 9.69 Å². The third kappa shape index (κ3) is 2.18. The molecule has 0 amide bonds.